The van der Waals surface area contributed by atoms with Crippen molar-refractivity contribution in [2.45, 2.75) is 43.3 Å². The largest absolute Gasteiger partial charge is 0.451 e. The molecule has 0 aliphatic carbocycles. The van der Waals surface area contributed by atoms with Crippen LogP contribution in [-0.2, 0) is 18.9 Å². The van der Waals surface area contributed by atoms with Gasteiger partial charge in [0.05, 0.1) is 13.2 Å². The monoisotopic (exact) mass is 403 g/mol. The lowest BCUT2D eigenvalue weighted by molar-refractivity contribution is -0.477. The first-order chi connectivity index (χ1) is 11.9. The van der Waals surface area contributed by atoms with Crippen molar-refractivity contribution in [1.82, 2.24) is 4.90 Å². The summed E-state index contributed by atoms with van der Waals surface area (Å²) in [5.74, 6) is -5.15. The molecule has 0 N–H and O–H groups in total. The Kier molecular flexibility index (Phi) is 6.38. The van der Waals surface area contributed by atoms with Crippen LogP contribution in [0.3, 0.4) is 0 Å². The lowest BCUT2D eigenvalue weighted by atomic mass is 10.3. The van der Waals surface area contributed by atoms with Crippen LogP contribution in [0.1, 0.15) is 12.8 Å². The van der Waals surface area contributed by atoms with Gasteiger partial charge in [-0.3, -0.25) is 4.74 Å². The molecule has 0 aromatic heterocycles. The molecule has 2 heterocycles. The summed E-state index contributed by atoms with van der Waals surface area (Å²) in [5, 5.41) is 0. The fourth-order valence-electron chi connectivity index (χ4n) is 2.34. The summed E-state index contributed by atoms with van der Waals surface area (Å²) in [4.78, 5) is -0.131. The van der Waals surface area contributed by atoms with Gasteiger partial charge in [0.15, 0.2) is 6.29 Å². The average molecular weight is 403 g/mol. The van der Waals surface area contributed by atoms with E-state index in [-0.39, 0.29) is 31.1 Å². The minimum absolute atomic E-state index is 0.105. The van der Waals surface area contributed by atoms with E-state index in [9.17, 15) is 35.1 Å². The Morgan fingerprint density at radius 3 is 2.04 bits per heavy atom. The second-order valence-electron chi connectivity index (χ2n) is 5.74. The summed E-state index contributed by atoms with van der Waals surface area (Å²) in [6.07, 6.45) is -12.6. The molecule has 0 spiro atoms. The Bertz CT molecular complexity index is 466. The smallest absolute Gasteiger partial charge is 0.379 e. The van der Waals surface area contributed by atoms with Crippen LogP contribution >= 0.6 is 0 Å². The molecule has 26 heavy (non-hydrogen) atoms. The van der Waals surface area contributed by atoms with Crippen LogP contribution in [0.5, 0.6) is 0 Å². The molecule has 0 amide bonds. The Hall–Kier alpha value is -0.760. The molecular weight excluding hydrogens is 386 g/mol. The van der Waals surface area contributed by atoms with E-state index in [0.29, 0.717) is 6.42 Å². The number of morpholine rings is 1. The van der Waals surface area contributed by atoms with Gasteiger partial charge in [-0.15, -0.1) is 0 Å². The van der Waals surface area contributed by atoms with Gasteiger partial charge < -0.3 is 14.2 Å². The van der Waals surface area contributed by atoms with E-state index in [1.165, 1.54) is 0 Å². The lowest BCUT2D eigenvalue weighted by Gasteiger charge is -2.40. The first-order valence-electron chi connectivity index (χ1n) is 7.66. The van der Waals surface area contributed by atoms with E-state index in [4.69, 9.17) is 9.47 Å². The molecule has 2 atom stereocenters. The zero-order valence-corrected chi connectivity index (χ0v) is 13.3. The van der Waals surface area contributed by atoms with E-state index < -0.39 is 50.2 Å². The van der Waals surface area contributed by atoms with Crippen LogP contribution < -0.4 is 0 Å². The van der Waals surface area contributed by atoms with Gasteiger partial charge in [0, 0.05) is 26.1 Å². The highest BCUT2D eigenvalue weighted by molar-refractivity contribution is 4.86. The molecule has 154 valence electrons. The van der Waals surface area contributed by atoms with E-state index in [0.717, 1.165) is 0 Å². The number of nitrogens with zero attached hydrogens (tertiary/aromatic N) is 1. The minimum atomic E-state index is -6.05. The van der Waals surface area contributed by atoms with Crippen LogP contribution in [-0.4, -0.2) is 74.9 Å². The average Bonchev–Trinajstić information content (AvgIpc) is 3.05. The normalized spacial score (nSPS) is 26.1. The predicted octanol–water partition coefficient (Wildman–Crippen LogP) is 2.90. The quantitative estimate of drug-likeness (QED) is 0.483. The third-order valence-corrected chi connectivity index (χ3v) is 3.81. The first kappa shape index (κ1) is 21.5. The molecule has 2 unspecified atom stereocenters. The van der Waals surface area contributed by atoms with Crippen molar-refractivity contribution in [2.24, 2.45) is 0 Å². The van der Waals surface area contributed by atoms with Crippen molar-refractivity contribution in [3.8, 4) is 0 Å². The van der Waals surface area contributed by atoms with Gasteiger partial charge in [-0.25, -0.2) is 4.90 Å². The molecule has 2 saturated heterocycles. The number of hydrogen-bond acceptors (Lipinski definition) is 5. The van der Waals surface area contributed by atoms with Crippen LogP contribution in [0, 0.1) is 0 Å². The maximum Gasteiger partial charge on any atom is 0.451 e. The van der Waals surface area contributed by atoms with Gasteiger partial charge in [-0.2, -0.15) is 35.1 Å². The molecule has 2 fully saturated rings. The van der Waals surface area contributed by atoms with E-state index >= 15 is 0 Å². The molecule has 2 rings (SSSR count). The fraction of sp³-hybridized carbons (Fsp3) is 1.00. The summed E-state index contributed by atoms with van der Waals surface area (Å²) >= 11 is 0. The molecule has 0 saturated carbocycles. The SMILES string of the molecule is FC(F)(F)C(F)(COC1CCCO1)OC(F)(F)C(F)(F)N1CCOCC1. The second-order valence-corrected chi connectivity index (χ2v) is 5.74. The van der Waals surface area contributed by atoms with Crippen molar-refractivity contribution in [3.05, 3.63) is 0 Å². The zero-order chi connectivity index (χ0) is 19.6. The highest BCUT2D eigenvalue weighted by atomic mass is 19.4. The number of rotatable bonds is 7. The van der Waals surface area contributed by atoms with Gasteiger partial charge in [0.2, 0.25) is 0 Å². The fourth-order valence-corrected chi connectivity index (χ4v) is 2.34. The van der Waals surface area contributed by atoms with Gasteiger partial charge >= 0.3 is 24.2 Å². The van der Waals surface area contributed by atoms with Crippen molar-refractivity contribution in [2.75, 3.05) is 39.5 Å². The maximum atomic E-state index is 14.2. The Morgan fingerprint density at radius 2 is 1.54 bits per heavy atom. The molecule has 0 bridgehead atoms. The summed E-state index contributed by atoms with van der Waals surface area (Å²) in [5.41, 5.74) is 0. The lowest BCUT2D eigenvalue weighted by Crippen LogP contribution is -2.63. The van der Waals surface area contributed by atoms with E-state index in [1.54, 1.807) is 0 Å². The highest BCUT2D eigenvalue weighted by Gasteiger charge is 2.70. The molecule has 13 heteroatoms. The molecule has 0 aromatic rings. The van der Waals surface area contributed by atoms with Crippen LogP contribution in [0.25, 0.3) is 0 Å². The minimum Gasteiger partial charge on any atom is -0.379 e. The Morgan fingerprint density at radius 1 is 0.923 bits per heavy atom. The van der Waals surface area contributed by atoms with Crippen molar-refractivity contribution >= 4 is 0 Å². The van der Waals surface area contributed by atoms with Crippen LogP contribution in [0.2, 0.25) is 0 Å². The molecule has 0 radical (unpaired) electrons. The molecule has 5 nitrogen and oxygen atoms in total. The second kappa shape index (κ2) is 7.70. The van der Waals surface area contributed by atoms with Crippen molar-refractivity contribution < 1.29 is 54.1 Å². The summed E-state index contributed by atoms with van der Waals surface area (Å²) in [7, 11) is 0. The summed E-state index contributed by atoms with van der Waals surface area (Å²) in [6, 6.07) is -5.19. The Balaban J connectivity index is 2.13. The molecular formula is C13H17F8NO4. The summed E-state index contributed by atoms with van der Waals surface area (Å²) < 4.78 is 125. The standard InChI is InChI=1S/C13H17F8NO4/c14-10(11(15,16)17,8-25-9-2-1-5-24-9)26-13(20,21)12(18,19)22-3-6-23-7-4-22/h9H,1-8H2. The zero-order valence-electron chi connectivity index (χ0n) is 13.3. The molecule has 2 aliphatic heterocycles. The molecule has 2 aliphatic rings. The van der Waals surface area contributed by atoms with E-state index in [1.807, 2.05) is 0 Å². The highest BCUT2D eigenvalue weighted by Crippen LogP contribution is 2.46. The van der Waals surface area contributed by atoms with Crippen molar-refractivity contribution in [3.63, 3.8) is 0 Å². The van der Waals surface area contributed by atoms with Gasteiger partial charge in [0.25, 0.3) is 0 Å². The third-order valence-electron chi connectivity index (χ3n) is 3.81. The van der Waals surface area contributed by atoms with Gasteiger partial charge in [0.1, 0.15) is 6.61 Å². The third kappa shape index (κ3) is 4.55. The van der Waals surface area contributed by atoms with Crippen LogP contribution in [0.4, 0.5) is 35.1 Å². The summed E-state index contributed by atoms with van der Waals surface area (Å²) in [6.45, 7) is -4.01. The number of ether oxygens (including phenoxy) is 4. The van der Waals surface area contributed by atoms with E-state index in [2.05, 4.69) is 9.47 Å². The first-order valence-corrected chi connectivity index (χ1v) is 7.66. The maximum absolute atomic E-state index is 14.2. The van der Waals surface area contributed by atoms with Gasteiger partial charge in [-0.05, 0) is 6.42 Å². The van der Waals surface area contributed by atoms with Crippen molar-refractivity contribution in [1.29, 1.82) is 0 Å². The number of alkyl halides is 8. The number of halogens is 8. The van der Waals surface area contributed by atoms with Gasteiger partial charge in [-0.1, -0.05) is 0 Å². The predicted molar refractivity (Wildman–Crippen MR) is 68.2 cm³/mol. The topological polar surface area (TPSA) is 40.2 Å². The molecule has 0 aromatic carbocycles. The number of hydrogen-bond donors (Lipinski definition) is 0. The van der Waals surface area contributed by atoms with Crippen LogP contribution in [0.15, 0.2) is 0 Å². The Labute approximate surface area is 143 Å².